The van der Waals surface area contributed by atoms with Gasteiger partial charge in [-0.25, -0.2) is 17.7 Å². The van der Waals surface area contributed by atoms with Crippen LogP contribution in [-0.2, 0) is 10.0 Å². The molecule has 0 atom stereocenters. The van der Waals surface area contributed by atoms with E-state index in [0.29, 0.717) is 29.8 Å². The monoisotopic (exact) mass is 326 g/mol. The molecule has 0 saturated carbocycles. The van der Waals surface area contributed by atoms with Crippen molar-refractivity contribution in [1.82, 2.24) is 19.3 Å². The number of hydrogen-bond donors (Lipinski definition) is 2. The highest BCUT2D eigenvalue weighted by Gasteiger charge is 2.25. The number of piperidine rings is 1. The number of nitrogens with one attached hydrogen (secondary N) is 2. The highest BCUT2D eigenvalue weighted by atomic mass is 32.2. The summed E-state index contributed by atoms with van der Waals surface area (Å²) in [6.07, 6.45) is -0.598. The summed E-state index contributed by atoms with van der Waals surface area (Å²) in [4.78, 5) is 22.4. The van der Waals surface area contributed by atoms with E-state index in [2.05, 4.69) is 20.3 Å². The zero-order chi connectivity index (χ0) is 18.2. The Labute approximate surface area is 131 Å². The summed E-state index contributed by atoms with van der Waals surface area (Å²) in [7, 11) is -4.29. The van der Waals surface area contributed by atoms with Gasteiger partial charge in [0.1, 0.15) is 5.65 Å². The number of rotatable bonds is 3. The lowest BCUT2D eigenvalue weighted by Gasteiger charge is -2.30. The molecule has 3 rings (SSSR count). The number of aromatic amines is 1. The van der Waals surface area contributed by atoms with E-state index in [1.54, 1.807) is 12.3 Å². The van der Waals surface area contributed by atoms with Gasteiger partial charge in [-0.05, 0) is 18.9 Å². The van der Waals surface area contributed by atoms with Crippen molar-refractivity contribution >= 4 is 27.0 Å². The Balaban J connectivity index is 1.67. The Kier molecular flexibility index (Phi) is 2.97. The number of nitrogens with zero attached hydrogens (tertiary/aromatic N) is 3. The molecule has 2 N–H and O–H groups in total. The van der Waals surface area contributed by atoms with E-state index in [-0.39, 0.29) is 24.7 Å². The first-order valence-electron chi connectivity index (χ1n) is 8.29. The summed E-state index contributed by atoms with van der Waals surface area (Å²) in [6.45, 7) is 0.228. The number of aromatic nitrogens is 3. The van der Waals surface area contributed by atoms with Gasteiger partial charge in [0.2, 0.25) is 21.5 Å². The van der Waals surface area contributed by atoms with E-state index >= 15 is 0 Å². The summed E-state index contributed by atoms with van der Waals surface area (Å²) in [6, 6.07) is 2.92. The van der Waals surface area contributed by atoms with Crippen LogP contribution in [0.3, 0.4) is 0 Å². The summed E-state index contributed by atoms with van der Waals surface area (Å²) >= 11 is 0. The fraction of sp³-hybridized carbons (Fsp3) is 0.462. The molecule has 0 aliphatic carbocycles. The summed E-state index contributed by atoms with van der Waals surface area (Å²) in [5.74, 6) is 0.325. The maximum absolute atomic E-state index is 11.9. The van der Waals surface area contributed by atoms with Crippen LogP contribution in [0.25, 0.3) is 11.0 Å². The van der Waals surface area contributed by atoms with Crippen LogP contribution in [-0.4, -0.2) is 53.0 Å². The van der Waals surface area contributed by atoms with E-state index in [1.165, 1.54) is 6.07 Å². The quantitative estimate of drug-likeness (QED) is 0.831. The Morgan fingerprint density at radius 2 is 2.18 bits per heavy atom. The van der Waals surface area contributed by atoms with Gasteiger partial charge < -0.3 is 10.3 Å². The molecule has 0 amide bonds. The average molecular weight is 326 g/mol. The summed E-state index contributed by atoms with van der Waals surface area (Å²) < 4.78 is 46.3. The van der Waals surface area contributed by atoms with Gasteiger partial charge in [0.15, 0.2) is 0 Å². The minimum atomic E-state index is -4.29. The van der Waals surface area contributed by atoms with Crippen LogP contribution in [0.5, 0.6) is 0 Å². The van der Waals surface area contributed by atoms with E-state index in [1.807, 2.05) is 0 Å². The molecule has 0 bridgehead atoms. The normalized spacial score (nSPS) is 20.3. The first kappa shape index (κ1) is 11.6. The molecule has 8 nitrogen and oxygen atoms in total. The maximum Gasteiger partial charge on any atom is 0.249 e. The van der Waals surface area contributed by atoms with Gasteiger partial charge in [-0.3, -0.25) is 4.79 Å². The third-order valence-corrected chi connectivity index (χ3v) is 4.64. The van der Waals surface area contributed by atoms with Crippen molar-refractivity contribution in [1.29, 1.82) is 0 Å². The molecule has 1 aliphatic rings. The Morgan fingerprint density at radius 3 is 2.91 bits per heavy atom. The van der Waals surface area contributed by atoms with E-state index < -0.39 is 16.2 Å². The lowest BCUT2D eigenvalue weighted by Crippen LogP contribution is -2.42. The number of hydrogen-bond acceptors (Lipinski definition) is 6. The molecule has 118 valence electrons. The predicted molar refractivity (Wildman–Crippen MR) is 83.2 cm³/mol. The largest absolute Gasteiger partial charge is 0.351 e. The predicted octanol–water partition coefficient (Wildman–Crippen LogP) is 0.154. The third kappa shape index (κ3) is 3.25. The van der Waals surface area contributed by atoms with Gasteiger partial charge in [-0.1, -0.05) is 0 Å². The van der Waals surface area contributed by atoms with Gasteiger partial charge in [0, 0.05) is 40.9 Å². The number of fused-ring (bicyclic) bond motifs is 1. The standard InChI is InChI=1S/C13H17N5O3S/c1-22(20,21)18-6-4-10(5-7-18)15-13-14-8-9-2-3-11(19)16-12(9)17-13/h2-3,8,10H,4-7H2,1H3,(H2,14,15,16,17,19)/i1D3. The highest BCUT2D eigenvalue weighted by Crippen LogP contribution is 2.17. The first-order valence-corrected chi connectivity index (χ1v) is 8.23. The lowest BCUT2D eigenvalue weighted by atomic mass is 10.1. The zero-order valence-corrected chi connectivity index (χ0v) is 12.4. The number of sulfonamides is 1. The summed E-state index contributed by atoms with van der Waals surface area (Å²) in [5, 5.41) is 3.79. The van der Waals surface area contributed by atoms with Crippen molar-refractivity contribution in [2.75, 3.05) is 24.6 Å². The molecule has 2 aromatic heterocycles. The van der Waals surface area contributed by atoms with Crippen LogP contribution >= 0.6 is 0 Å². The molecular formula is C13H17N5O3S. The van der Waals surface area contributed by atoms with Crippen LogP contribution in [0.4, 0.5) is 5.95 Å². The second-order valence-electron chi connectivity index (χ2n) is 5.14. The van der Waals surface area contributed by atoms with Crippen LogP contribution < -0.4 is 10.9 Å². The zero-order valence-electron chi connectivity index (χ0n) is 14.6. The maximum atomic E-state index is 11.9. The molecule has 0 unspecified atom stereocenters. The van der Waals surface area contributed by atoms with Gasteiger partial charge >= 0.3 is 0 Å². The molecule has 0 spiro atoms. The average Bonchev–Trinajstić information content (AvgIpc) is 2.54. The second-order valence-corrected chi connectivity index (χ2v) is 6.61. The highest BCUT2D eigenvalue weighted by molar-refractivity contribution is 7.88. The number of H-pyrrole nitrogens is 1. The van der Waals surface area contributed by atoms with Crippen LogP contribution in [0.1, 0.15) is 17.0 Å². The topological polar surface area (TPSA) is 108 Å². The molecule has 9 heteroatoms. The fourth-order valence-corrected chi connectivity index (χ4v) is 3.12. The first-order chi connectivity index (χ1) is 11.7. The minimum absolute atomic E-state index is 0.0871. The van der Waals surface area contributed by atoms with Crippen molar-refractivity contribution in [3.63, 3.8) is 0 Å². The Hall–Kier alpha value is -2.00. The van der Waals surface area contributed by atoms with Crippen LogP contribution in [0, 0.1) is 0 Å². The van der Waals surface area contributed by atoms with Gasteiger partial charge in [-0.15, -0.1) is 0 Å². The molecule has 22 heavy (non-hydrogen) atoms. The third-order valence-electron chi connectivity index (χ3n) is 3.60. The number of anilines is 1. The second kappa shape index (κ2) is 5.65. The fourth-order valence-electron chi connectivity index (χ4n) is 2.43. The molecule has 0 radical (unpaired) electrons. The Bertz CT molecular complexity index is 936. The molecular weight excluding hydrogens is 306 g/mol. The van der Waals surface area contributed by atoms with E-state index in [4.69, 9.17) is 4.11 Å². The smallest absolute Gasteiger partial charge is 0.249 e. The Morgan fingerprint density at radius 1 is 1.41 bits per heavy atom. The van der Waals surface area contributed by atoms with Crippen LogP contribution in [0.15, 0.2) is 23.1 Å². The van der Waals surface area contributed by atoms with Crippen molar-refractivity contribution < 1.29 is 12.5 Å². The van der Waals surface area contributed by atoms with Gasteiger partial charge in [-0.2, -0.15) is 4.98 Å². The molecule has 1 saturated heterocycles. The van der Waals surface area contributed by atoms with Crippen molar-refractivity contribution in [3.8, 4) is 0 Å². The van der Waals surface area contributed by atoms with Gasteiger partial charge in [0.05, 0.1) is 6.18 Å². The van der Waals surface area contributed by atoms with E-state index in [0.717, 1.165) is 4.31 Å². The molecule has 2 aromatic rings. The van der Waals surface area contributed by atoms with E-state index in [9.17, 15) is 13.2 Å². The van der Waals surface area contributed by atoms with Gasteiger partial charge in [0.25, 0.3) is 0 Å². The lowest BCUT2D eigenvalue weighted by molar-refractivity contribution is 0.331. The SMILES string of the molecule is [2H]C([2H])([2H])S(=O)(=O)N1CCC(Nc2ncc3ccc(=O)[nH]c3n2)CC1. The van der Waals surface area contributed by atoms with Crippen molar-refractivity contribution in [2.24, 2.45) is 0 Å². The van der Waals surface area contributed by atoms with Crippen LogP contribution in [0.2, 0.25) is 0 Å². The summed E-state index contributed by atoms with van der Waals surface area (Å²) in [5.41, 5.74) is 0.146. The van der Waals surface area contributed by atoms with Crippen molar-refractivity contribution in [2.45, 2.75) is 18.9 Å². The molecule has 1 aliphatic heterocycles. The molecule has 3 heterocycles. The van der Waals surface area contributed by atoms with Crippen molar-refractivity contribution in [3.05, 3.63) is 28.7 Å². The number of pyridine rings is 1. The molecule has 0 aromatic carbocycles. The minimum Gasteiger partial charge on any atom is -0.351 e. The molecule has 1 fully saturated rings.